The maximum absolute atomic E-state index is 12.9. The molecule has 0 aromatic rings. The van der Waals surface area contributed by atoms with Crippen molar-refractivity contribution < 1.29 is 9.53 Å². The van der Waals surface area contributed by atoms with Crippen LogP contribution in [-0.4, -0.2) is 67.2 Å². The Bertz CT molecular complexity index is 399. The molecule has 132 valence electrons. The molecule has 0 aromatic heterocycles. The predicted molar refractivity (Wildman–Crippen MR) is 91.1 cm³/mol. The van der Waals surface area contributed by atoms with Crippen LogP contribution in [0.1, 0.15) is 45.4 Å². The second-order valence-electron chi connectivity index (χ2n) is 7.99. The van der Waals surface area contributed by atoms with Gasteiger partial charge in [-0.05, 0) is 38.5 Å². The third-order valence-corrected chi connectivity index (χ3v) is 6.09. The minimum atomic E-state index is -0.311. The number of rotatable bonds is 3. The van der Waals surface area contributed by atoms with Crippen LogP contribution in [-0.2, 0) is 9.53 Å². The molecule has 2 atom stereocenters. The summed E-state index contributed by atoms with van der Waals surface area (Å²) >= 11 is 0. The zero-order valence-electron chi connectivity index (χ0n) is 14.6. The Hall–Kier alpha value is -0.650. The number of nitrogens with two attached hydrogens (primary N) is 1. The van der Waals surface area contributed by atoms with Gasteiger partial charge in [0.15, 0.2) is 0 Å². The van der Waals surface area contributed by atoms with E-state index in [9.17, 15) is 4.79 Å². The molecule has 2 saturated heterocycles. The highest BCUT2D eigenvalue weighted by Gasteiger charge is 2.40. The Balaban J connectivity index is 1.47. The number of hydrogen-bond acceptors (Lipinski definition) is 4. The monoisotopic (exact) mass is 323 g/mol. The first-order chi connectivity index (χ1) is 11.1. The normalized spacial score (nSPS) is 34.5. The van der Waals surface area contributed by atoms with Crippen molar-refractivity contribution in [3.05, 3.63) is 0 Å². The van der Waals surface area contributed by atoms with Crippen molar-refractivity contribution >= 4 is 5.91 Å². The van der Waals surface area contributed by atoms with Crippen molar-refractivity contribution in [1.29, 1.82) is 0 Å². The number of nitrogens with zero attached hydrogens (tertiary/aromatic N) is 2. The Morgan fingerprint density at radius 2 is 1.83 bits per heavy atom. The van der Waals surface area contributed by atoms with E-state index in [-0.39, 0.29) is 11.5 Å². The summed E-state index contributed by atoms with van der Waals surface area (Å²) in [5.74, 6) is 1.11. The second kappa shape index (κ2) is 7.49. The molecule has 2 heterocycles. The predicted octanol–water partition coefficient (Wildman–Crippen LogP) is 1.46. The molecule has 0 radical (unpaired) electrons. The fraction of sp³-hybridized carbons (Fsp3) is 0.944. The van der Waals surface area contributed by atoms with E-state index in [1.807, 2.05) is 0 Å². The van der Waals surface area contributed by atoms with Gasteiger partial charge in [-0.1, -0.05) is 12.8 Å². The lowest BCUT2D eigenvalue weighted by molar-refractivity contribution is -0.140. The summed E-state index contributed by atoms with van der Waals surface area (Å²) in [4.78, 5) is 17.5. The van der Waals surface area contributed by atoms with Crippen molar-refractivity contribution in [3.63, 3.8) is 0 Å². The van der Waals surface area contributed by atoms with Crippen LogP contribution in [0.5, 0.6) is 0 Å². The molecule has 2 unspecified atom stereocenters. The van der Waals surface area contributed by atoms with E-state index in [2.05, 4.69) is 16.7 Å². The lowest BCUT2D eigenvalue weighted by Gasteiger charge is -2.43. The SMILES string of the molecule is CC1(N)CCCCC1C(=O)N1CCN(CC2CCOCC2)CC1. The molecule has 1 aliphatic carbocycles. The zero-order valence-corrected chi connectivity index (χ0v) is 14.6. The Morgan fingerprint density at radius 1 is 1.13 bits per heavy atom. The van der Waals surface area contributed by atoms with Crippen LogP contribution in [0.4, 0.5) is 0 Å². The van der Waals surface area contributed by atoms with Crippen LogP contribution in [0.25, 0.3) is 0 Å². The van der Waals surface area contributed by atoms with Gasteiger partial charge in [-0.15, -0.1) is 0 Å². The van der Waals surface area contributed by atoms with E-state index < -0.39 is 0 Å². The summed E-state index contributed by atoms with van der Waals surface area (Å²) < 4.78 is 5.44. The molecular weight excluding hydrogens is 290 g/mol. The Labute approximate surface area is 140 Å². The third kappa shape index (κ3) is 4.25. The van der Waals surface area contributed by atoms with E-state index in [1.54, 1.807) is 0 Å². The number of carbonyl (C=O) groups excluding carboxylic acids is 1. The van der Waals surface area contributed by atoms with E-state index in [4.69, 9.17) is 10.5 Å². The average Bonchev–Trinajstić information content (AvgIpc) is 2.55. The zero-order chi connectivity index (χ0) is 16.3. The molecule has 0 bridgehead atoms. The maximum Gasteiger partial charge on any atom is 0.227 e. The van der Waals surface area contributed by atoms with Crippen LogP contribution < -0.4 is 5.73 Å². The molecule has 0 spiro atoms. The summed E-state index contributed by atoms with van der Waals surface area (Å²) in [6.45, 7) is 8.83. The van der Waals surface area contributed by atoms with Crippen LogP contribution in [0, 0.1) is 11.8 Å². The van der Waals surface area contributed by atoms with E-state index in [1.165, 1.54) is 19.4 Å². The first-order valence-corrected chi connectivity index (χ1v) is 9.44. The molecule has 5 heteroatoms. The van der Waals surface area contributed by atoms with Crippen molar-refractivity contribution in [2.75, 3.05) is 45.9 Å². The van der Waals surface area contributed by atoms with Crippen molar-refractivity contribution in [3.8, 4) is 0 Å². The molecule has 3 aliphatic rings. The van der Waals surface area contributed by atoms with Gasteiger partial charge in [0.2, 0.25) is 5.91 Å². The Kier molecular flexibility index (Phi) is 5.60. The molecule has 1 amide bonds. The van der Waals surface area contributed by atoms with E-state index >= 15 is 0 Å². The molecule has 0 aromatic carbocycles. The summed E-state index contributed by atoms with van der Waals surface area (Å²) in [6, 6.07) is 0. The molecular formula is C18H33N3O2. The Morgan fingerprint density at radius 3 is 2.48 bits per heavy atom. The van der Waals surface area contributed by atoms with Gasteiger partial charge >= 0.3 is 0 Å². The first kappa shape index (κ1) is 17.2. The standard InChI is InChI=1S/C18H33N3O2/c1-18(19)7-3-2-4-16(18)17(22)21-10-8-20(9-11-21)14-15-5-12-23-13-6-15/h15-16H,2-14,19H2,1H3. The second-order valence-corrected chi connectivity index (χ2v) is 7.99. The third-order valence-electron chi connectivity index (χ3n) is 6.09. The van der Waals surface area contributed by atoms with Gasteiger partial charge in [-0.3, -0.25) is 9.69 Å². The molecule has 5 nitrogen and oxygen atoms in total. The van der Waals surface area contributed by atoms with Gasteiger partial charge in [0.25, 0.3) is 0 Å². The average molecular weight is 323 g/mol. The summed E-state index contributed by atoms with van der Waals surface area (Å²) in [6.07, 6.45) is 6.63. The molecule has 2 aliphatic heterocycles. The quantitative estimate of drug-likeness (QED) is 0.854. The lowest BCUT2D eigenvalue weighted by Crippen LogP contribution is -2.57. The number of piperazine rings is 1. The van der Waals surface area contributed by atoms with Crippen molar-refractivity contribution in [1.82, 2.24) is 9.80 Å². The summed E-state index contributed by atoms with van der Waals surface area (Å²) in [5, 5.41) is 0. The topological polar surface area (TPSA) is 58.8 Å². The summed E-state index contributed by atoms with van der Waals surface area (Å²) in [7, 11) is 0. The lowest BCUT2D eigenvalue weighted by atomic mass is 9.74. The first-order valence-electron chi connectivity index (χ1n) is 9.44. The number of hydrogen-bond donors (Lipinski definition) is 1. The smallest absolute Gasteiger partial charge is 0.227 e. The molecule has 1 saturated carbocycles. The minimum absolute atomic E-state index is 0.0262. The van der Waals surface area contributed by atoms with Gasteiger partial charge in [-0.2, -0.15) is 0 Å². The highest BCUT2D eigenvalue weighted by Crippen LogP contribution is 2.33. The highest BCUT2D eigenvalue weighted by molar-refractivity contribution is 5.80. The van der Waals surface area contributed by atoms with Crippen LogP contribution in [0.15, 0.2) is 0 Å². The maximum atomic E-state index is 12.9. The molecule has 23 heavy (non-hydrogen) atoms. The molecule has 3 fully saturated rings. The van der Waals surface area contributed by atoms with Crippen LogP contribution >= 0.6 is 0 Å². The van der Waals surface area contributed by atoms with Gasteiger partial charge < -0.3 is 15.4 Å². The van der Waals surface area contributed by atoms with E-state index in [0.29, 0.717) is 5.91 Å². The van der Waals surface area contributed by atoms with Crippen molar-refractivity contribution in [2.45, 2.75) is 51.0 Å². The minimum Gasteiger partial charge on any atom is -0.381 e. The number of amides is 1. The van der Waals surface area contributed by atoms with Gasteiger partial charge in [0.05, 0.1) is 5.92 Å². The van der Waals surface area contributed by atoms with Gasteiger partial charge in [0, 0.05) is 51.5 Å². The highest BCUT2D eigenvalue weighted by atomic mass is 16.5. The van der Waals surface area contributed by atoms with Crippen molar-refractivity contribution in [2.24, 2.45) is 17.6 Å². The summed E-state index contributed by atoms with van der Waals surface area (Å²) in [5.41, 5.74) is 6.10. The van der Waals surface area contributed by atoms with Gasteiger partial charge in [0.1, 0.15) is 0 Å². The van der Waals surface area contributed by atoms with Crippen LogP contribution in [0.3, 0.4) is 0 Å². The fourth-order valence-corrected chi connectivity index (χ4v) is 4.43. The van der Waals surface area contributed by atoms with E-state index in [0.717, 1.165) is 71.0 Å². The number of ether oxygens (including phenoxy) is 1. The largest absolute Gasteiger partial charge is 0.381 e. The molecule has 2 N–H and O–H groups in total. The van der Waals surface area contributed by atoms with Crippen LogP contribution in [0.2, 0.25) is 0 Å². The number of carbonyl (C=O) groups is 1. The molecule has 3 rings (SSSR count). The van der Waals surface area contributed by atoms with Gasteiger partial charge in [-0.25, -0.2) is 0 Å². The fourth-order valence-electron chi connectivity index (χ4n) is 4.43.